The van der Waals surface area contributed by atoms with E-state index in [4.69, 9.17) is 23.7 Å². The van der Waals surface area contributed by atoms with Crippen molar-refractivity contribution in [2.24, 2.45) is 23.2 Å². The number of esters is 4. The van der Waals surface area contributed by atoms with Gasteiger partial charge in [-0.25, -0.2) is 9.59 Å². The second-order valence-corrected chi connectivity index (χ2v) is 13.6. The van der Waals surface area contributed by atoms with Crippen LogP contribution < -0.4 is 0 Å². The summed E-state index contributed by atoms with van der Waals surface area (Å²) in [6, 6.07) is 16.7. The van der Waals surface area contributed by atoms with Gasteiger partial charge in [0.2, 0.25) is 0 Å². The van der Waals surface area contributed by atoms with Crippen molar-refractivity contribution in [3.63, 3.8) is 0 Å². The Morgan fingerprint density at radius 1 is 0.870 bits per heavy atom. The molecule has 0 amide bonds. The molecule has 10 nitrogen and oxygen atoms in total. The molecule has 0 radical (unpaired) electrons. The minimum atomic E-state index is -1.58. The summed E-state index contributed by atoms with van der Waals surface area (Å²) in [5.41, 5.74) is -3.62. The Kier molecular flexibility index (Phi) is 9.09. The van der Waals surface area contributed by atoms with Crippen molar-refractivity contribution in [1.82, 2.24) is 0 Å². The first-order chi connectivity index (χ1) is 21.7. The predicted molar refractivity (Wildman–Crippen MR) is 165 cm³/mol. The van der Waals surface area contributed by atoms with Gasteiger partial charge < -0.3 is 28.8 Å². The Bertz CT molecular complexity index is 1460. The van der Waals surface area contributed by atoms with E-state index in [1.165, 1.54) is 6.92 Å². The number of aliphatic hydroxyl groups excluding tert-OH is 1. The van der Waals surface area contributed by atoms with E-state index in [0.29, 0.717) is 6.42 Å². The van der Waals surface area contributed by atoms with Crippen molar-refractivity contribution in [3.8, 4) is 0 Å². The molecule has 2 saturated carbocycles. The van der Waals surface area contributed by atoms with Crippen molar-refractivity contribution in [3.05, 3.63) is 71.8 Å². The second-order valence-electron chi connectivity index (χ2n) is 13.6. The number of fused-ring (bicyclic) bond motifs is 1. The van der Waals surface area contributed by atoms with E-state index < -0.39 is 88.8 Å². The normalized spacial score (nSPS) is 34.8. The van der Waals surface area contributed by atoms with E-state index in [9.17, 15) is 24.3 Å². The third-order valence-electron chi connectivity index (χ3n) is 10.4. The lowest BCUT2D eigenvalue weighted by molar-refractivity contribution is -0.313. The Labute approximate surface area is 269 Å². The Hall–Kier alpha value is -3.76. The molecular formula is C36H44O10. The van der Waals surface area contributed by atoms with Crippen LogP contribution in [0.4, 0.5) is 0 Å². The molecule has 3 aliphatic rings. The van der Waals surface area contributed by atoms with Gasteiger partial charge in [-0.15, -0.1) is 0 Å². The highest BCUT2D eigenvalue weighted by atomic mass is 16.6. The molecule has 46 heavy (non-hydrogen) atoms. The molecule has 1 spiro atoms. The first-order valence-electron chi connectivity index (χ1n) is 16.0. The Morgan fingerprint density at radius 3 is 1.93 bits per heavy atom. The molecule has 10 unspecified atom stereocenters. The second kappa shape index (κ2) is 12.4. The van der Waals surface area contributed by atoms with Crippen molar-refractivity contribution >= 4 is 23.9 Å². The van der Waals surface area contributed by atoms with Crippen LogP contribution in [0.2, 0.25) is 0 Å². The van der Waals surface area contributed by atoms with Crippen LogP contribution in [0.15, 0.2) is 60.7 Å². The molecule has 1 heterocycles. The van der Waals surface area contributed by atoms with Crippen LogP contribution in [0.1, 0.15) is 82.0 Å². The molecule has 5 rings (SSSR count). The maximum absolute atomic E-state index is 13.8. The fraction of sp³-hybridized carbons (Fsp3) is 0.556. The largest absolute Gasteiger partial charge is 0.458 e. The topological polar surface area (TPSA) is 135 Å². The molecule has 10 atom stereocenters. The molecule has 248 valence electrons. The molecule has 2 bridgehead atoms. The van der Waals surface area contributed by atoms with Gasteiger partial charge in [0.05, 0.1) is 40.1 Å². The smallest absolute Gasteiger partial charge is 0.338 e. The number of carbonyl (C=O) groups is 4. The fourth-order valence-corrected chi connectivity index (χ4v) is 8.07. The highest BCUT2D eigenvalue weighted by Gasteiger charge is 2.82. The fourth-order valence-electron chi connectivity index (χ4n) is 8.07. The highest BCUT2D eigenvalue weighted by molar-refractivity contribution is 5.90. The lowest BCUT2D eigenvalue weighted by Gasteiger charge is -2.63. The van der Waals surface area contributed by atoms with E-state index in [2.05, 4.69) is 0 Å². The van der Waals surface area contributed by atoms with Crippen LogP contribution in [-0.4, -0.2) is 70.7 Å². The van der Waals surface area contributed by atoms with E-state index in [1.54, 1.807) is 88.4 Å². The van der Waals surface area contributed by atoms with Gasteiger partial charge in [-0.05, 0) is 63.8 Å². The molecule has 10 heteroatoms. The number of rotatable bonds is 8. The molecule has 1 aliphatic heterocycles. The summed E-state index contributed by atoms with van der Waals surface area (Å²) in [5, 5.41) is 12.3. The molecule has 0 aromatic heterocycles. The monoisotopic (exact) mass is 636 g/mol. The molecule has 1 N–H and O–H groups in total. The van der Waals surface area contributed by atoms with Crippen LogP contribution in [0.25, 0.3) is 0 Å². The van der Waals surface area contributed by atoms with Crippen LogP contribution in [0, 0.1) is 23.2 Å². The first-order valence-corrected chi connectivity index (χ1v) is 16.0. The summed E-state index contributed by atoms with van der Waals surface area (Å²) in [6.45, 7) is 12.0. The quantitative estimate of drug-likeness (QED) is 0.315. The predicted octanol–water partition coefficient (Wildman–Crippen LogP) is 4.91. The van der Waals surface area contributed by atoms with E-state index in [1.807, 2.05) is 13.8 Å². The molecular weight excluding hydrogens is 592 g/mol. The van der Waals surface area contributed by atoms with Crippen LogP contribution in [-0.2, 0) is 33.3 Å². The Balaban J connectivity index is 1.71. The Morgan fingerprint density at radius 2 is 1.41 bits per heavy atom. The summed E-state index contributed by atoms with van der Waals surface area (Å²) < 4.78 is 31.6. The molecule has 1 saturated heterocycles. The number of hydrogen-bond acceptors (Lipinski definition) is 10. The minimum Gasteiger partial charge on any atom is -0.458 e. The number of hydrogen-bond donors (Lipinski definition) is 1. The number of ether oxygens (including phenoxy) is 5. The summed E-state index contributed by atoms with van der Waals surface area (Å²) in [6.07, 6.45) is -5.29. The number of aliphatic hydroxyl groups is 1. The summed E-state index contributed by atoms with van der Waals surface area (Å²) in [5.74, 6) is -4.28. The molecule has 2 aromatic rings. The van der Waals surface area contributed by atoms with Gasteiger partial charge in [-0.2, -0.15) is 0 Å². The maximum Gasteiger partial charge on any atom is 0.338 e. The summed E-state index contributed by atoms with van der Waals surface area (Å²) >= 11 is 0. The third kappa shape index (κ3) is 5.39. The molecule has 2 aliphatic carbocycles. The average molecular weight is 637 g/mol. The molecule has 2 aromatic carbocycles. The van der Waals surface area contributed by atoms with Crippen LogP contribution in [0.3, 0.4) is 0 Å². The van der Waals surface area contributed by atoms with Gasteiger partial charge in [-0.3, -0.25) is 9.59 Å². The first kappa shape index (κ1) is 33.6. The van der Waals surface area contributed by atoms with Crippen molar-refractivity contribution < 1.29 is 48.0 Å². The van der Waals surface area contributed by atoms with Gasteiger partial charge >= 0.3 is 23.9 Å². The zero-order chi connectivity index (χ0) is 33.6. The average Bonchev–Trinajstić information content (AvgIpc) is 3.21. The van der Waals surface area contributed by atoms with Crippen LogP contribution in [0.5, 0.6) is 0 Å². The van der Waals surface area contributed by atoms with Gasteiger partial charge in [0.1, 0.15) is 17.8 Å². The maximum atomic E-state index is 13.8. The summed E-state index contributed by atoms with van der Waals surface area (Å²) in [7, 11) is 0. The molecule has 3 fully saturated rings. The zero-order valence-electron chi connectivity index (χ0n) is 27.4. The lowest BCUT2D eigenvalue weighted by Crippen LogP contribution is -2.78. The standard InChI is InChI=1S/C36H44O10/c1-8-20(2)31(39)43-25-19-21(3)36-28(38)26(34(5,6)46-36)27(44-32(40)23-15-11-9-12-16-23)30(35(36,7)29(25)42-22(4)37)45-33(41)24-17-13-10-14-18-24/h9-18,20-21,25-30,38H,8,19H2,1-7H3. The van der Waals surface area contributed by atoms with Crippen molar-refractivity contribution in [2.45, 2.75) is 103 Å². The van der Waals surface area contributed by atoms with E-state index in [0.717, 1.165) is 0 Å². The summed E-state index contributed by atoms with van der Waals surface area (Å²) in [4.78, 5) is 53.5. The van der Waals surface area contributed by atoms with Crippen LogP contribution >= 0.6 is 0 Å². The van der Waals surface area contributed by atoms with Gasteiger partial charge in [0, 0.05) is 6.92 Å². The van der Waals surface area contributed by atoms with Gasteiger partial charge in [0.15, 0.2) is 12.2 Å². The number of benzene rings is 2. The van der Waals surface area contributed by atoms with Crippen molar-refractivity contribution in [1.29, 1.82) is 0 Å². The minimum absolute atomic E-state index is 0.198. The number of carbonyl (C=O) groups excluding carboxylic acids is 4. The lowest BCUT2D eigenvalue weighted by atomic mass is 9.47. The van der Waals surface area contributed by atoms with E-state index in [-0.39, 0.29) is 17.5 Å². The SMILES string of the molecule is CCC(C)C(=O)OC1CC(C)C23OC(C)(C)C(C(OC(=O)c4ccccc4)C(OC(=O)c4ccccc4)C2(C)C1OC(C)=O)C3O. The van der Waals surface area contributed by atoms with E-state index >= 15 is 0 Å². The van der Waals surface area contributed by atoms with Gasteiger partial charge in [0.25, 0.3) is 0 Å². The van der Waals surface area contributed by atoms with Crippen molar-refractivity contribution in [2.75, 3.05) is 0 Å². The third-order valence-corrected chi connectivity index (χ3v) is 10.4. The highest BCUT2D eigenvalue weighted by Crippen LogP contribution is 2.67. The van der Waals surface area contributed by atoms with Gasteiger partial charge in [-0.1, -0.05) is 57.2 Å². The zero-order valence-corrected chi connectivity index (χ0v) is 27.4.